The number of hydrogen-bond donors (Lipinski definition) is 2. The molecule has 0 amide bonds. The van der Waals surface area contributed by atoms with Crippen molar-refractivity contribution in [1.82, 2.24) is 10.2 Å². The van der Waals surface area contributed by atoms with Crippen LogP contribution in [0, 0.1) is 0 Å². The molecule has 2 N–H and O–H groups in total. The monoisotopic (exact) mass is 356 g/mol. The molecule has 0 saturated carbocycles. The predicted octanol–water partition coefficient (Wildman–Crippen LogP) is 2.35. The highest BCUT2D eigenvalue weighted by Crippen LogP contribution is 2.22. The third-order valence-corrected chi connectivity index (χ3v) is 4.69. The Bertz CT molecular complexity index is 672. The molecular weight excluding hydrogens is 328 g/mol. The Morgan fingerprint density at radius 3 is 2.65 bits per heavy atom. The van der Waals surface area contributed by atoms with Crippen LogP contribution in [0.3, 0.4) is 0 Å². The Morgan fingerprint density at radius 1 is 1.15 bits per heavy atom. The largest absolute Gasteiger partial charge is 0.496 e. The van der Waals surface area contributed by atoms with E-state index in [0.29, 0.717) is 13.1 Å². The molecule has 1 unspecified atom stereocenters. The number of benzene rings is 2. The Labute approximate surface area is 155 Å². The van der Waals surface area contributed by atoms with Gasteiger partial charge in [-0.05, 0) is 23.3 Å². The van der Waals surface area contributed by atoms with Gasteiger partial charge in [0.25, 0.3) is 0 Å². The van der Waals surface area contributed by atoms with E-state index < -0.39 is 6.10 Å². The van der Waals surface area contributed by atoms with Crippen molar-refractivity contribution >= 4 is 0 Å². The van der Waals surface area contributed by atoms with Gasteiger partial charge in [-0.2, -0.15) is 0 Å². The molecule has 0 bridgehead atoms. The molecule has 1 heterocycles. The first kappa shape index (κ1) is 18.9. The molecule has 0 spiro atoms. The van der Waals surface area contributed by atoms with Crippen molar-refractivity contribution in [2.75, 3.05) is 40.0 Å². The van der Waals surface area contributed by atoms with Gasteiger partial charge in [-0.1, -0.05) is 36.4 Å². The third-order valence-electron chi connectivity index (χ3n) is 4.69. The van der Waals surface area contributed by atoms with Gasteiger partial charge in [-0.25, -0.2) is 0 Å². The molecule has 2 aromatic rings. The summed E-state index contributed by atoms with van der Waals surface area (Å²) in [4.78, 5) is 2.39. The van der Waals surface area contributed by atoms with Crippen molar-refractivity contribution in [2.45, 2.75) is 19.2 Å². The van der Waals surface area contributed by atoms with Crippen LogP contribution in [0.5, 0.6) is 5.75 Å². The number of nitrogens with zero attached hydrogens (tertiary/aromatic N) is 1. The SMILES string of the molecule is COc1ccc(CNCC(O)c2ccccc2)cc1CN1CCOCC1. The first-order chi connectivity index (χ1) is 12.8. The van der Waals surface area contributed by atoms with Gasteiger partial charge in [0.05, 0.1) is 26.4 Å². The second-order valence-corrected chi connectivity index (χ2v) is 6.59. The summed E-state index contributed by atoms with van der Waals surface area (Å²) in [5.41, 5.74) is 3.31. The second-order valence-electron chi connectivity index (χ2n) is 6.59. The summed E-state index contributed by atoms with van der Waals surface area (Å²) in [6.45, 7) is 5.59. The Kier molecular flexibility index (Phi) is 7.03. The normalized spacial score (nSPS) is 16.4. The Balaban J connectivity index is 1.56. The van der Waals surface area contributed by atoms with E-state index in [1.165, 1.54) is 11.1 Å². The maximum absolute atomic E-state index is 10.3. The molecule has 26 heavy (non-hydrogen) atoms. The Morgan fingerprint density at radius 2 is 1.92 bits per heavy atom. The fourth-order valence-electron chi connectivity index (χ4n) is 3.21. The van der Waals surface area contributed by atoms with Gasteiger partial charge < -0.3 is 19.9 Å². The van der Waals surface area contributed by atoms with Crippen molar-refractivity contribution < 1.29 is 14.6 Å². The van der Waals surface area contributed by atoms with Gasteiger partial charge >= 0.3 is 0 Å². The smallest absolute Gasteiger partial charge is 0.123 e. The quantitative estimate of drug-likeness (QED) is 0.760. The van der Waals surface area contributed by atoms with Gasteiger partial charge in [0.2, 0.25) is 0 Å². The molecule has 0 aliphatic carbocycles. The van der Waals surface area contributed by atoms with Gasteiger partial charge in [0.1, 0.15) is 5.75 Å². The number of aliphatic hydroxyl groups excluding tert-OH is 1. The molecular formula is C21H28N2O3. The van der Waals surface area contributed by atoms with Gasteiger partial charge in [-0.3, -0.25) is 4.90 Å². The van der Waals surface area contributed by atoms with Crippen LogP contribution < -0.4 is 10.1 Å². The zero-order valence-electron chi connectivity index (χ0n) is 15.4. The number of ether oxygens (including phenoxy) is 2. The van der Waals surface area contributed by atoms with E-state index in [0.717, 1.165) is 44.2 Å². The lowest BCUT2D eigenvalue weighted by molar-refractivity contribution is 0.0339. The molecule has 140 valence electrons. The fraction of sp³-hybridized carbons (Fsp3) is 0.429. The molecule has 3 rings (SSSR count). The minimum Gasteiger partial charge on any atom is -0.496 e. The maximum Gasteiger partial charge on any atom is 0.123 e. The number of methoxy groups -OCH3 is 1. The standard InChI is InChI=1S/C21H28N2O3/c1-25-21-8-7-17(13-19(21)16-23-9-11-26-12-10-23)14-22-15-20(24)18-5-3-2-4-6-18/h2-8,13,20,22,24H,9-12,14-16H2,1H3. The van der Waals surface area contributed by atoms with Crippen LogP contribution in [0.25, 0.3) is 0 Å². The molecule has 2 aromatic carbocycles. The van der Waals surface area contributed by atoms with E-state index in [4.69, 9.17) is 9.47 Å². The van der Waals surface area contributed by atoms with Crippen LogP contribution in [-0.2, 0) is 17.8 Å². The van der Waals surface area contributed by atoms with Crippen molar-refractivity contribution in [1.29, 1.82) is 0 Å². The van der Waals surface area contributed by atoms with Crippen molar-refractivity contribution in [3.63, 3.8) is 0 Å². The van der Waals surface area contributed by atoms with Crippen LogP contribution in [0.2, 0.25) is 0 Å². The van der Waals surface area contributed by atoms with Crippen molar-refractivity contribution in [3.8, 4) is 5.75 Å². The summed E-state index contributed by atoms with van der Waals surface area (Å²) in [5, 5.41) is 13.6. The summed E-state index contributed by atoms with van der Waals surface area (Å²) in [6, 6.07) is 16.0. The molecule has 5 heteroatoms. The lowest BCUT2D eigenvalue weighted by Gasteiger charge is -2.27. The summed E-state index contributed by atoms with van der Waals surface area (Å²) >= 11 is 0. The van der Waals surface area contributed by atoms with Crippen LogP contribution in [0.4, 0.5) is 0 Å². The van der Waals surface area contributed by atoms with E-state index in [2.05, 4.69) is 22.3 Å². The minimum absolute atomic E-state index is 0.498. The number of hydrogen-bond acceptors (Lipinski definition) is 5. The average molecular weight is 356 g/mol. The van der Waals surface area contributed by atoms with Crippen molar-refractivity contribution in [2.24, 2.45) is 0 Å². The van der Waals surface area contributed by atoms with E-state index >= 15 is 0 Å². The lowest BCUT2D eigenvalue weighted by atomic mass is 10.1. The average Bonchev–Trinajstić information content (AvgIpc) is 2.69. The third kappa shape index (κ3) is 5.29. The highest BCUT2D eigenvalue weighted by molar-refractivity contribution is 5.37. The molecule has 5 nitrogen and oxygen atoms in total. The second kappa shape index (κ2) is 9.69. The molecule has 1 aliphatic heterocycles. The van der Waals surface area contributed by atoms with Gasteiger partial charge in [0, 0.05) is 38.3 Å². The van der Waals surface area contributed by atoms with Crippen LogP contribution in [0.15, 0.2) is 48.5 Å². The molecule has 1 aliphatic rings. The van der Waals surface area contributed by atoms with Gasteiger partial charge in [0.15, 0.2) is 0 Å². The summed E-state index contributed by atoms with van der Waals surface area (Å²) < 4.78 is 10.9. The summed E-state index contributed by atoms with van der Waals surface area (Å²) in [6.07, 6.45) is -0.498. The van der Waals surface area contributed by atoms with Crippen LogP contribution in [0.1, 0.15) is 22.8 Å². The summed E-state index contributed by atoms with van der Waals surface area (Å²) in [7, 11) is 1.71. The van der Waals surface area contributed by atoms with Crippen molar-refractivity contribution in [3.05, 3.63) is 65.2 Å². The van der Waals surface area contributed by atoms with Crippen LogP contribution in [-0.4, -0.2) is 50.0 Å². The first-order valence-corrected chi connectivity index (χ1v) is 9.16. The summed E-state index contributed by atoms with van der Waals surface area (Å²) in [5.74, 6) is 0.921. The van der Waals surface area contributed by atoms with Gasteiger partial charge in [-0.15, -0.1) is 0 Å². The lowest BCUT2D eigenvalue weighted by Crippen LogP contribution is -2.35. The molecule has 1 atom stereocenters. The highest BCUT2D eigenvalue weighted by atomic mass is 16.5. The molecule has 0 radical (unpaired) electrons. The number of morpholine rings is 1. The fourth-order valence-corrected chi connectivity index (χ4v) is 3.21. The van der Waals surface area contributed by atoms with E-state index in [9.17, 15) is 5.11 Å². The van der Waals surface area contributed by atoms with Crippen LogP contribution >= 0.6 is 0 Å². The zero-order valence-corrected chi connectivity index (χ0v) is 15.4. The molecule has 0 aromatic heterocycles. The van der Waals surface area contributed by atoms with E-state index in [1.807, 2.05) is 36.4 Å². The molecule has 1 saturated heterocycles. The van der Waals surface area contributed by atoms with E-state index in [-0.39, 0.29) is 0 Å². The number of nitrogens with one attached hydrogen (secondary N) is 1. The topological polar surface area (TPSA) is 54.0 Å². The number of rotatable bonds is 8. The predicted molar refractivity (Wildman–Crippen MR) is 102 cm³/mol. The molecule has 1 fully saturated rings. The first-order valence-electron chi connectivity index (χ1n) is 9.16. The van der Waals surface area contributed by atoms with E-state index in [1.54, 1.807) is 7.11 Å². The highest BCUT2D eigenvalue weighted by Gasteiger charge is 2.14. The Hall–Kier alpha value is -1.92. The maximum atomic E-state index is 10.3. The zero-order chi connectivity index (χ0) is 18.2. The minimum atomic E-state index is -0.498. The number of aliphatic hydroxyl groups is 1.